The number of nitrogens with zero attached hydrogens (tertiary/aromatic N) is 3. The summed E-state index contributed by atoms with van der Waals surface area (Å²) in [7, 11) is 1.73. The summed E-state index contributed by atoms with van der Waals surface area (Å²) in [5.41, 5.74) is 1.60. The zero-order chi connectivity index (χ0) is 21.1. The molecule has 1 unspecified atom stereocenters. The molecule has 0 saturated carbocycles. The van der Waals surface area contributed by atoms with Crippen molar-refractivity contribution in [3.05, 3.63) is 99.7 Å². The molecule has 0 spiro atoms. The summed E-state index contributed by atoms with van der Waals surface area (Å²) < 4.78 is 14.9. The Morgan fingerprint density at radius 3 is 2.53 bits per heavy atom. The Hall–Kier alpha value is -3.32. The summed E-state index contributed by atoms with van der Waals surface area (Å²) in [6.07, 6.45) is 1.64. The lowest BCUT2D eigenvalue weighted by Gasteiger charge is -2.29. The topological polar surface area (TPSA) is 55.2 Å². The summed E-state index contributed by atoms with van der Waals surface area (Å²) in [4.78, 5) is 32.2. The SMILES string of the molecule is CN(C(=O)CCn1cnc2sccc2c1=O)C(c1ccccc1)c1ccc(F)cc1. The fraction of sp³-hybridized carbons (Fsp3) is 0.174. The van der Waals surface area contributed by atoms with E-state index >= 15 is 0 Å². The molecular weight excluding hydrogens is 401 g/mol. The van der Waals surface area contributed by atoms with Crippen LogP contribution in [0.3, 0.4) is 0 Å². The van der Waals surface area contributed by atoms with Gasteiger partial charge in [0.25, 0.3) is 5.56 Å². The van der Waals surface area contributed by atoms with E-state index in [9.17, 15) is 14.0 Å². The minimum Gasteiger partial charge on any atom is -0.335 e. The number of hydrogen-bond acceptors (Lipinski definition) is 4. The highest BCUT2D eigenvalue weighted by atomic mass is 32.1. The molecule has 1 atom stereocenters. The normalized spacial score (nSPS) is 12.1. The standard InChI is InChI=1S/C23H20FN3O2S/c1-26(20(28)11-13-27-15-25-22-19(23(27)29)12-14-30-22)21(16-5-3-2-4-6-16)17-7-9-18(24)10-8-17/h2-10,12,14-15,21H,11,13H2,1H3. The van der Waals surface area contributed by atoms with E-state index in [-0.39, 0.29) is 36.3 Å². The van der Waals surface area contributed by atoms with Crippen molar-refractivity contribution in [2.24, 2.45) is 0 Å². The summed E-state index contributed by atoms with van der Waals surface area (Å²) >= 11 is 1.41. The Morgan fingerprint density at radius 2 is 1.80 bits per heavy atom. The van der Waals surface area contributed by atoms with E-state index < -0.39 is 0 Å². The summed E-state index contributed by atoms with van der Waals surface area (Å²) in [6.45, 7) is 0.242. The maximum atomic E-state index is 13.4. The van der Waals surface area contributed by atoms with E-state index in [1.165, 1.54) is 34.4 Å². The van der Waals surface area contributed by atoms with Crippen LogP contribution < -0.4 is 5.56 Å². The largest absolute Gasteiger partial charge is 0.335 e. The first-order chi connectivity index (χ1) is 14.5. The summed E-state index contributed by atoms with van der Waals surface area (Å²) in [6, 6.07) is 17.2. The molecule has 4 aromatic rings. The molecule has 2 aromatic heterocycles. The van der Waals surface area contributed by atoms with Gasteiger partial charge >= 0.3 is 0 Å². The molecule has 2 heterocycles. The Morgan fingerprint density at radius 1 is 1.10 bits per heavy atom. The molecule has 5 nitrogen and oxygen atoms in total. The van der Waals surface area contributed by atoms with Gasteiger partial charge in [-0.15, -0.1) is 11.3 Å². The highest BCUT2D eigenvalue weighted by Crippen LogP contribution is 2.28. The fourth-order valence-corrected chi connectivity index (χ4v) is 4.23. The quantitative estimate of drug-likeness (QED) is 0.468. The second-order valence-electron chi connectivity index (χ2n) is 7.00. The third kappa shape index (κ3) is 4.02. The minimum absolute atomic E-state index is 0.120. The number of rotatable bonds is 6. The number of amides is 1. The first-order valence-electron chi connectivity index (χ1n) is 9.53. The van der Waals surface area contributed by atoms with E-state index in [2.05, 4.69) is 4.98 Å². The molecule has 152 valence electrons. The van der Waals surface area contributed by atoms with E-state index in [0.717, 1.165) is 11.1 Å². The Labute approximate surface area is 177 Å². The summed E-state index contributed by atoms with van der Waals surface area (Å²) in [5, 5.41) is 2.40. The van der Waals surface area contributed by atoms with Crippen LogP contribution in [0.25, 0.3) is 10.2 Å². The maximum Gasteiger partial charge on any atom is 0.262 e. The van der Waals surface area contributed by atoms with Crippen molar-refractivity contribution >= 4 is 27.5 Å². The third-order valence-corrected chi connectivity index (χ3v) is 5.92. The van der Waals surface area contributed by atoms with Gasteiger partial charge in [0.05, 0.1) is 17.8 Å². The van der Waals surface area contributed by atoms with Crippen molar-refractivity contribution < 1.29 is 9.18 Å². The zero-order valence-corrected chi connectivity index (χ0v) is 17.2. The van der Waals surface area contributed by atoms with E-state index in [1.807, 2.05) is 35.7 Å². The molecule has 1 amide bonds. The lowest BCUT2D eigenvalue weighted by molar-refractivity contribution is -0.131. The van der Waals surface area contributed by atoms with Crippen LogP contribution in [0.4, 0.5) is 4.39 Å². The van der Waals surface area contributed by atoms with Crippen molar-refractivity contribution in [3.8, 4) is 0 Å². The molecule has 30 heavy (non-hydrogen) atoms. The second-order valence-corrected chi connectivity index (χ2v) is 7.90. The lowest BCUT2D eigenvalue weighted by Crippen LogP contribution is -2.33. The maximum absolute atomic E-state index is 13.4. The molecule has 0 aliphatic rings. The van der Waals surface area contributed by atoms with Crippen LogP contribution in [-0.4, -0.2) is 27.4 Å². The van der Waals surface area contributed by atoms with E-state index in [0.29, 0.717) is 10.2 Å². The van der Waals surface area contributed by atoms with Gasteiger partial charge in [0.2, 0.25) is 5.91 Å². The van der Waals surface area contributed by atoms with Gasteiger partial charge in [-0.05, 0) is 34.7 Å². The first-order valence-corrected chi connectivity index (χ1v) is 10.4. The molecule has 0 aliphatic heterocycles. The predicted octanol–water partition coefficient (Wildman–Crippen LogP) is 4.24. The van der Waals surface area contributed by atoms with Gasteiger partial charge in [0.15, 0.2) is 0 Å². The van der Waals surface area contributed by atoms with Crippen molar-refractivity contribution in [1.29, 1.82) is 0 Å². The van der Waals surface area contributed by atoms with E-state index in [1.54, 1.807) is 30.1 Å². The molecule has 4 rings (SSSR count). The molecule has 0 saturated heterocycles. The van der Waals surface area contributed by atoms with Crippen LogP contribution in [0.1, 0.15) is 23.6 Å². The Balaban J connectivity index is 1.56. The molecule has 2 aromatic carbocycles. The highest BCUT2D eigenvalue weighted by molar-refractivity contribution is 7.16. The van der Waals surface area contributed by atoms with Gasteiger partial charge in [0.1, 0.15) is 10.6 Å². The second kappa shape index (κ2) is 8.59. The zero-order valence-electron chi connectivity index (χ0n) is 16.4. The number of carbonyl (C=O) groups excluding carboxylic acids is 1. The molecule has 0 bridgehead atoms. The fourth-order valence-electron chi connectivity index (χ4n) is 3.51. The smallest absolute Gasteiger partial charge is 0.262 e. The molecular formula is C23H20FN3O2S. The van der Waals surface area contributed by atoms with Gasteiger partial charge in [0, 0.05) is 20.0 Å². The van der Waals surface area contributed by atoms with Crippen LogP contribution in [0.5, 0.6) is 0 Å². The molecule has 0 aliphatic carbocycles. The van der Waals surface area contributed by atoms with Crippen LogP contribution in [0.15, 0.2) is 77.2 Å². The highest BCUT2D eigenvalue weighted by Gasteiger charge is 2.23. The predicted molar refractivity (Wildman–Crippen MR) is 116 cm³/mol. The number of hydrogen-bond donors (Lipinski definition) is 0. The van der Waals surface area contributed by atoms with Crippen LogP contribution in [0, 0.1) is 5.82 Å². The average Bonchev–Trinajstić information content (AvgIpc) is 3.25. The summed E-state index contributed by atoms with van der Waals surface area (Å²) in [5.74, 6) is -0.444. The van der Waals surface area contributed by atoms with Crippen LogP contribution in [-0.2, 0) is 11.3 Å². The molecule has 7 heteroatoms. The molecule has 0 radical (unpaired) electrons. The van der Waals surface area contributed by atoms with Gasteiger partial charge in [-0.1, -0.05) is 42.5 Å². The minimum atomic E-state index is -0.353. The van der Waals surface area contributed by atoms with Crippen molar-refractivity contribution in [3.63, 3.8) is 0 Å². The number of aryl methyl sites for hydroxylation is 1. The van der Waals surface area contributed by atoms with Gasteiger partial charge in [-0.3, -0.25) is 14.2 Å². The van der Waals surface area contributed by atoms with Crippen molar-refractivity contribution in [1.82, 2.24) is 14.5 Å². The number of halogens is 1. The van der Waals surface area contributed by atoms with Gasteiger partial charge in [-0.2, -0.15) is 0 Å². The van der Waals surface area contributed by atoms with E-state index in [4.69, 9.17) is 0 Å². The number of thiophene rings is 1. The number of fused-ring (bicyclic) bond motifs is 1. The van der Waals surface area contributed by atoms with Gasteiger partial charge < -0.3 is 4.90 Å². The average molecular weight is 421 g/mol. The van der Waals surface area contributed by atoms with Gasteiger partial charge in [-0.25, -0.2) is 9.37 Å². The number of carbonyl (C=O) groups is 1. The number of aromatic nitrogens is 2. The first kappa shape index (κ1) is 20.0. The lowest BCUT2D eigenvalue weighted by atomic mass is 9.97. The third-order valence-electron chi connectivity index (χ3n) is 5.10. The van der Waals surface area contributed by atoms with Crippen molar-refractivity contribution in [2.75, 3.05) is 7.05 Å². The molecule has 0 N–H and O–H groups in total. The Bertz CT molecular complexity index is 1220. The molecule has 0 fully saturated rings. The van der Waals surface area contributed by atoms with Crippen molar-refractivity contribution in [2.45, 2.75) is 19.0 Å². The van der Waals surface area contributed by atoms with Crippen LogP contribution >= 0.6 is 11.3 Å². The monoisotopic (exact) mass is 421 g/mol. The van der Waals surface area contributed by atoms with Crippen LogP contribution in [0.2, 0.25) is 0 Å². The Kier molecular flexibility index (Phi) is 5.72. The number of benzene rings is 2.